The maximum atomic E-state index is 12.3. The molecule has 0 aliphatic heterocycles. The number of rotatable bonds is 7. The van der Waals surface area contributed by atoms with E-state index in [0.29, 0.717) is 13.0 Å². The van der Waals surface area contributed by atoms with Crippen molar-refractivity contribution in [1.82, 2.24) is 4.90 Å². The molecular formula is C18H30N2O2. The molecule has 0 fully saturated rings. The Morgan fingerprint density at radius 1 is 1.27 bits per heavy atom. The van der Waals surface area contributed by atoms with Gasteiger partial charge < -0.3 is 10.4 Å². The molecule has 0 unspecified atom stereocenters. The van der Waals surface area contributed by atoms with Crippen LogP contribution in [0.3, 0.4) is 0 Å². The SMILES string of the molecule is Cc1ccc(NC(=O)CN(CCCO)CC(C)(C)C)c(C)c1. The zero-order valence-electron chi connectivity index (χ0n) is 14.6. The number of nitrogens with one attached hydrogen (secondary N) is 1. The van der Waals surface area contributed by atoms with Gasteiger partial charge in [0.05, 0.1) is 6.54 Å². The number of aliphatic hydroxyl groups excluding tert-OH is 1. The summed E-state index contributed by atoms with van der Waals surface area (Å²) in [4.78, 5) is 14.4. The molecular weight excluding hydrogens is 276 g/mol. The number of aliphatic hydroxyl groups is 1. The Kier molecular flexibility index (Phi) is 7.04. The van der Waals surface area contributed by atoms with Gasteiger partial charge in [-0.15, -0.1) is 0 Å². The lowest BCUT2D eigenvalue weighted by atomic mass is 9.96. The van der Waals surface area contributed by atoms with Crippen molar-refractivity contribution in [3.8, 4) is 0 Å². The maximum absolute atomic E-state index is 12.3. The quantitative estimate of drug-likeness (QED) is 0.814. The second kappa shape index (κ2) is 8.30. The van der Waals surface area contributed by atoms with E-state index in [4.69, 9.17) is 5.11 Å². The van der Waals surface area contributed by atoms with Crippen molar-refractivity contribution in [1.29, 1.82) is 0 Å². The van der Waals surface area contributed by atoms with Crippen LogP contribution in [-0.2, 0) is 4.79 Å². The molecule has 1 amide bonds. The van der Waals surface area contributed by atoms with Crippen molar-refractivity contribution in [2.45, 2.75) is 41.0 Å². The van der Waals surface area contributed by atoms with Crippen molar-refractivity contribution in [2.75, 3.05) is 31.6 Å². The summed E-state index contributed by atoms with van der Waals surface area (Å²) in [6.45, 7) is 12.6. The number of nitrogens with zero attached hydrogens (tertiary/aromatic N) is 1. The first-order chi connectivity index (χ1) is 10.2. The summed E-state index contributed by atoms with van der Waals surface area (Å²) in [5.74, 6) is -0.00542. The number of carbonyl (C=O) groups is 1. The van der Waals surface area contributed by atoms with Crippen LogP contribution in [0, 0.1) is 19.3 Å². The van der Waals surface area contributed by atoms with Gasteiger partial charge in [0, 0.05) is 25.4 Å². The summed E-state index contributed by atoms with van der Waals surface area (Å²) < 4.78 is 0. The van der Waals surface area contributed by atoms with Crippen molar-refractivity contribution >= 4 is 11.6 Å². The van der Waals surface area contributed by atoms with Crippen LogP contribution in [0.15, 0.2) is 18.2 Å². The van der Waals surface area contributed by atoms with E-state index in [9.17, 15) is 4.79 Å². The molecule has 0 aliphatic rings. The molecule has 0 aromatic heterocycles. The molecule has 2 N–H and O–H groups in total. The Bertz CT molecular complexity index is 492. The molecule has 0 aliphatic carbocycles. The molecule has 0 radical (unpaired) electrons. The van der Waals surface area contributed by atoms with Gasteiger partial charge in [-0.1, -0.05) is 38.5 Å². The third kappa shape index (κ3) is 7.05. The van der Waals surface area contributed by atoms with Gasteiger partial charge in [0.2, 0.25) is 5.91 Å². The van der Waals surface area contributed by atoms with Gasteiger partial charge in [-0.05, 0) is 37.3 Å². The fourth-order valence-electron chi connectivity index (χ4n) is 2.53. The number of carbonyl (C=O) groups excluding carboxylic acids is 1. The average molecular weight is 306 g/mol. The summed E-state index contributed by atoms with van der Waals surface area (Å²) in [6, 6.07) is 6.01. The Morgan fingerprint density at radius 2 is 1.95 bits per heavy atom. The molecule has 0 spiro atoms. The van der Waals surface area contributed by atoms with E-state index < -0.39 is 0 Å². The highest BCUT2D eigenvalue weighted by atomic mass is 16.3. The van der Waals surface area contributed by atoms with E-state index in [1.165, 1.54) is 5.56 Å². The molecule has 4 heteroatoms. The summed E-state index contributed by atoms with van der Waals surface area (Å²) in [5, 5.41) is 12.0. The van der Waals surface area contributed by atoms with Crippen molar-refractivity contribution in [3.05, 3.63) is 29.3 Å². The number of anilines is 1. The zero-order valence-corrected chi connectivity index (χ0v) is 14.6. The van der Waals surface area contributed by atoms with E-state index in [0.717, 1.165) is 24.3 Å². The first-order valence-electron chi connectivity index (χ1n) is 7.91. The van der Waals surface area contributed by atoms with E-state index in [1.807, 2.05) is 26.0 Å². The highest BCUT2D eigenvalue weighted by molar-refractivity contribution is 5.93. The van der Waals surface area contributed by atoms with Crippen molar-refractivity contribution < 1.29 is 9.90 Å². The van der Waals surface area contributed by atoms with Crippen molar-refractivity contribution in [2.24, 2.45) is 5.41 Å². The second-order valence-electron chi connectivity index (χ2n) is 7.22. The number of amides is 1. The van der Waals surface area contributed by atoms with Gasteiger partial charge in [0.15, 0.2) is 0 Å². The van der Waals surface area contributed by atoms with Crippen LogP contribution < -0.4 is 5.32 Å². The summed E-state index contributed by atoms with van der Waals surface area (Å²) >= 11 is 0. The smallest absolute Gasteiger partial charge is 0.238 e. The lowest BCUT2D eigenvalue weighted by Crippen LogP contribution is -2.39. The Balaban J connectivity index is 2.65. The van der Waals surface area contributed by atoms with Crippen LogP contribution in [0.5, 0.6) is 0 Å². The van der Waals surface area contributed by atoms with Crippen LogP contribution in [0.25, 0.3) is 0 Å². The predicted octanol–water partition coefficient (Wildman–Crippen LogP) is 2.97. The van der Waals surface area contributed by atoms with Crippen LogP contribution in [0.2, 0.25) is 0 Å². The van der Waals surface area contributed by atoms with E-state index >= 15 is 0 Å². The topological polar surface area (TPSA) is 52.6 Å². The van der Waals surface area contributed by atoms with Crippen LogP contribution in [0.1, 0.15) is 38.3 Å². The Hall–Kier alpha value is -1.39. The lowest BCUT2D eigenvalue weighted by molar-refractivity contribution is -0.117. The van der Waals surface area contributed by atoms with Gasteiger partial charge in [0.25, 0.3) is 0 Å². The standard InChI is InChI=1S/C18H30N2O2/c1-14-7-8-16(15(2)11-14)19-17(22)12-20(9-6-10-21)13-18(3,4)5/h7-8,11,21H,6,9-10,12-13H2,1-5H3,(H,19,22). The maximum Gasteiger partial charge on any atom is 0.238 e. The number of benzene rings is 1. The van der Waals surface area contributed by atoms with Gasteiger partial charge in [0.1, 0.15) is 0 Å². The van der Waals surface area contributed by atoms with Crippen LogP contribution in [0.4, 0.5) is 5.69 Å². The van der Waals surface area contributed by atoms with Gasteiger partial charge >= 0.3 is 0 Å². The van der Waals surface area contributed by atoms with E-state index in [-0.39, 0.29) is 17.9 Å². The highest BCUT2D eigenvalue weighted by Crippen LogP contribution is 2.17. The molecule has 4 nitrogen and oxygen atoms in total. The molecule has 124 valence electrons. The third-order valence-electron chi connectivity index (χ3n) is 3.35. The minimum Gasteiger partial charge on any atom is -0.396 e. The van der Waals surface area contributed by atoms with Crippen molar-refractivity contribution in [3.63, 3.8) is 0 Å². The Labute approximate surface area is 134 Å². The fraction of sp³-hybridized carbons (Fsp3) is 0.611. The van der Waals surface area contributed by atoms with Gasteiger partial charge in [-0.3, -0.25) is 9.69 Å². The average Bonchev–Trinajstić information content (AvgIpc) is 2.37. The second-order valence-corrected chi connectivity index (χ2v) is 7.22. The normalized spacial score (nSPS) is 11.8. The Morgan fingerprint density at radius 3 is 2.50 bits per heavy atom. The minimum absolute atomic E-state index is 0.00542. The summed E-state index contributed by atoms with van der Waals surface area (Å²) in [7, 11) is 0. The number of aryl methyl sites for hydroxylation is 2. The number of hydrogen-bond acceptors (Lipinski definition) is 3. The molecule has 0 bridgehead atoms. The molecule has 1 rings (SSSR count). The largest absolute Gasteiger partial charge is 0.396 e. The lowest BCUT2D eigenvalue weighted by Gasteiger charge is -2.29. The van der Waals surface area contributed by atoms with Gasteiger partial charge in [-0.2, -0.15) is 0 Å². The molecule has 0 saturated heterocycles. The summed E-state index contributed by atoms with van der Waals surface area (Å²) in [5.41, 5.74) is 3.25. The zero-order chi connectivity index (χ0) is 16.8. The molecule has 0 atom stereocenters. The third-order valence-corrected chi connectivity index (χ3v) is 3.35. The molecule has 0 heterocycles. The molecule has 1 aromatic carbocycles. The first kappa shape index (κ1) is 18.7. The highest BCUT2D eigenvalue weighted by Gasteiger charge is 2.18. The predicted molar refractivity (Wildman–Crippen MR) is 92.1 cm³/mol. The minimum atomic E-state index is -0.00542. The molecule has 1 aromatic rings. The van der Waals surface area contributed by atoms with Crippen LogP contribution in [-0.4, -0.2) is 42.2 Å². The summed E-state index contributed by atoms with van der Waals surface area (Å²) in [6.07, 6.45) is 0.687. The van der Waals surface area contributed by atoms with Crippen LogP contribution >= 0.6 is 0 Å². The monoisotopic (exact) mass is 306 g/mol. The fourth-order valence-corrected chi connectivity index (χ4v) is 2.53. The molecule has 22 heavy (non-hydrogen) atoms. The first-order valence-corrected chi connectivity index (χ1v) is 7.91. The van der Waals surface area contributed by atoms with Gasteiger partial charge in [-0.25, -0.2) is 0 Å². The molecule has 0 saturated carbocycles. The van der Waals surface area contributed by atoms with E-state index in [2.05, 4.69) is 37.1 Å². The van der Waals surface area contributed by atoms with E-state index in [1.54, 1.807) is 0 Å². The number of hydrogen-bond donors (Lipinski definition) is 2.